The number of sulfone groups is 1. The summed E-state index contributed by atoms with van der Waals surface area (Å²) in [6, 6.07) is 5.73. The fraction of sp³-hybridized carbons (Fsp3) is 0.478. The van der Waals surface area contributed by atoms with Crippen LogP contribution in [-0.4, -0.2) is 48.5 Å². The minimum absolute atomic E-state index is 0.100. The summed E-state index contributed by atoms with van der Waals surface area (Å²) in [5, 5.41) is 4.50. The molecule has 1 fully saturated rings. The Balaban J connectivity index is 0.000000678. The summed E-state index contributed by atoms with van der Waals surface area (Å²) < 4.78 is 59.9. The lowest BCUT2D eigenvalue weighted by Crippen LogP contribution is -2.29. The number of alkyl halides is 3. The number of halogens is 3. The van der Waals surface area contributed by atoms with Crippen molar-refractivity contribution in [2.75, 3.05) is 4.90 Å². The van der Waals surface area contributed by atoms with Gasteiger partial charge in [-0.2, -0.15) is 18.3 Å². The smallest absolute Gasteiger partial charge is 0.326 e. The maximum absolute atomic E-state index is 13.5. The van der Waals surface area contributed by atoms with Crippen LogP contribution in [0.25, 0.3) is 0 Å². The van der Waals surface area contributed by atoms with Crippen LogP contribution in [0.1, 0.15) is 45.5 Å². The zero-order valence-corrected chi connectivity index (χ0v) is 21.2. The molecule has 13 heteroatoms. The van der Waals surface area contributed by atoms with Crippen LogP contribution in [0.3, 0.4) is 0 Å². The summed E-state index contributed by atoms with van der Waals surface area (Å²) in [6.07, 6.45) is -4.56. The zero-order chi connectivity index (χ0) is 27.4. The molecule has 0 aliphatic carbocycles. The Hall–Kier alpha value is -3.06. The van der Waals surface area contributed by atoms with E-state index in [0.29, 0.717) is 36.5 Å². The van der Waals surface area contributed by atoms with E-state index in [-0.39, 0.29) is 40.0 Å². The molecule has 198 valence electrons. The SMILES string of the molecule is CCc1nn(C[C@@H](C)N)c(CC)c1S(=O)(=O)c1ccc(N2C(=O)CC(C)C2=O)cc1.O=CC(F)(F)F. The Bertz CT molecular complexity index is 1220. The van der Waals surface area contributed by atoms with Gasteiger partial charge in [-0.1, -0.05) is 20.8 Å². The summed E-state index contributed by atoms with van der Waals surface area (Å²) in [6.45, 7) is 7.74. The van der Waals surface area contributed by atoms with E-state index in [1.54, 1.807) is 11.6 Å². The summed E-state index contributed by atoms with van der Waals surface area (Å²) in [5.74, 6) is -0.910. The quantitative estimate of drug-likeness (QED) is 0.430. The number of hydrogen-bond acceptors (Lipinski definition) is 7. The van der Waals surface area contributed by atoms with Gasteiger partial charge in [-0.3, -0.25) is 24.0 Å². The highest BCUT2D eigenvalue weighted by Gasteiger charge is 2.37. The van der Waals surface area contributed by atoms with Crippen molar-refractivity contribution in [3.05, 3.63) is 35.7 Å². The van der Waals surface area contributed by atoms with Gasteiger partial charge >= 0.3 is 6.18 Å². The van der Waals surface area contributed by atoms with Crippen molar-refractivity contribution in [3.8, 4) is 0 Å². The van der Waals surface area contributed by atoms with Gasteiger partial charge in [-0.15, -0.1) is 0 Å². The summed E-state index contributed by atoms with van der Waals surface area (Å²) in [4.78, 5) is 34.5. The second-order valence-electron chi connectivity index (χ2n) is 8.42. The monoisotopic (exact) mass is 530 g/mol. The second kappa shape index (κ2) is 11.3. The molecule has 2 N–H and O–H groups in total. The minimum atomic E-state index is -4.64. The first-order chi connectivity index (χ1) is 16.7. The van der Waals surface area contributed by atoms with Crippen molar-refractivity contribution in [1.29, 1.82) is 0 Å². The number of hydrogen-bond donors (Lipinski definition) is 1. The van der Waals surface area contributed by atoms with Crippen molar-refractivity contribution in [2.45, 2.75) is 75.5 Å². The van der Waals surface area contributed by atoms with Gasteiger partial charge in [0.2, 0.25) is 27.9 Å². The number of aryl methyl sites for hydroxylation is 1. The van der Waals surface area contributed by atoms with Crippen LogP contribution in [-0.2, 0) is 43.6 Å². The average Bonchev–Trinajstić information content (AvgIpc) is 3.28. The third-order valence-electron chi connectivity index (χ3n) is 5.39. The number of anilines is 1. The topological polar surface area (TPSA) is 132 Å². The molecule has 2 atom stereocenters. The molecule has 0 radical (unpaired) electrons. The highest BCUT2D eigenvalue weighted by atomic mass is 32.2. The largest absolute Gasteiger partial charge is 0.446 e. The summed E-state index contributed by atoms with van der Waals surface area (Å²) in [5.41, 5.74) is 7.43. The molecule has 1 aromatic heterocycles. The van der Waals surface area contributed by atoms with Gasteiger partial charge in [0, 0.05) is 18.4 Å². The van der Waals surface area contributed by atoms with Crippen molar-refractivity contribution in [2.24, 2.45) is 11.7 Å². The standard InChI is InChI=1S/C21H28N4O4S.C2HF3O/c1-5-17-20(18(6-2)24(23-17)12-14(4)22)30(28,29)16-9-7-15(8-10-16)25-19(26)11-13(3)21(25)27;3-2(4,5)1-6/h7-10,13-14H,5-6,11-12,22H2,1-4H3;1H/t13?,14-;/m1./s1. The maximum Gasteiger partial charge on any atom is 0.446 e. The number of aldehydes is 1. The molecule has 9 nitrogen and oxygen atoms in total. The van der Waals surface area contributed by atoms with Gasteiger partial charge in [0.25, 0.3) is 0 Å². The van der Waals surface area contributed by atoms with E-state index in [9.17, 15) is 31.2 Å². The minimum Gasteiger partial charge on any atom is -0.326 e. The molecular formula is C23H29F3N4O5S. The predicted molar refractivity (Wildman–Crippen MR) is 125 cm³/mol. The lowest BCUT2D eigenvalue weighted by Gasteiger charge is -2.15. The lowest BCUT2D eigenvalue weighted by atomic mass is 10.1. The Morgan fingerprint density at radius 2 is 1.72 bits per heavy atom. The van der Waals surface area contributed by atoms with E-state index in [2.05, 4.69) is 5.10 Å². The van der Waals surface area contributed by atoms with Gasteiger partial charge < -0.3 is 5.73 Å². The molecule has 1 unspecified atom stereocenters. The molecule has 1 aliphatic heterocycles. The highest BCUT2D eigenvalue weighted by molar-refractivity contribution is 7.91. The molecule has 2 amide bonds. The van der Waals surface area contributed by atoms with Crippen molar-refractivity contribution in [3.63, 3.8) is 0 Å². The van der Waals surface area contributed by atoms with Gasteiger partial charge in [-0.25, -0.2) is 8.42 Å². The number of nitrogens with two attached hydrogens (primary N) is 1. The van der Waals surface area contributed by atoms with Gasteiger partial charge in [-0.05, 0) is 44.0 Å². The Morgan fingerprint density at radius 1 is 1.17 bits per heavy atom. The molecule has 1 aliphatic rings. The summed E-state index contributed by atoms with van der Waals surface area (Å²) in [7, 11) is -3.83. The van der Waals surface area contributed by atoms with Gasteiger partial charge in [0.15, 0.2) is 0 Å². The first kappa shape index (κ1) is 29.2. The van der Waals surface area contributed by atoms with E-state index in [1.165, 1.54) is 24.3 Å². The Labute approximate surface area is 207 Å². The normalized spacial score (nSPS) is 17.1. The number of benzene rings is 1. The van der Waals surface area contributed by atoms with Crippen molar-refractivity contribution < 1.29 is 36.0 Å². The molecule has 0 bridgehead atoms. The molecule has 0 saturated carbocycles. The van der Waals surface area contributed by atoms with Crippen LogP contribution in [0, 0.1) is 5.92 Å². The molecular weight excluding hydrogens is 501 g/mol. The zero-order valence-electron chi connectivity index (χ0n) is 20.4. The number of imide groups is 1. The average molecular weight is 531 g/mol. The van der Waals surface area contributed by atoms with E-state index in [0.717, 1.165) is 4.90 Å². The Morgan fingerprint density at radius 3 is 2.11 bits per heavy atom. The van der Waals surface area contributed by atoms with Crippen LogP contribution in [0.2, 0.25) is 0 Å². The fourth-order valence-electron chi connectivity index (χ4n) is 3.79. The van der Waals surface area contributed by atoms with Crippen LogP contribution < -0.4 is 10.6 Å². The van der Waals surface area contributed by atoms with E-state index in [4.69, 9.17) is 10.5 Å². The van der Waals surface area contributed by atoms with E-state index < -0.39 is 22.3 Å². The van der Waals surface area contributed by atoms with Crippen molar-refractivity contribution >= 4 is 33.6 Å². The molecule has 3 rings (SSSR count). The predicted octanol–water partition coefficient (Wildman–Crippen LogP) is 2.83. The number of carbonyl (C=O) groups excluding carboxylic acids is 3. The second-order valence-corrected chi connectivity index (χ2v) is 10.3. The third kappa shape index (κ3) is 6.38. The molecule has 36 heavy (non-hydrogen) atoms. The molecule has 2 aromatic rings. The van der Waals surface area contributed by atoms with Crippen LogP contribution in [0.4, 0.5) is 18.9 Å². The molecule has 2 heterocycles. The van der Waals surface area contributed by atoms with E-state index >= 15 is 0 Å². The van der Waals surface area contributed by atoms with Crippen LogP contribution in [0.5, 0.6) is 0 Å². The number of rotatable bonds is 7. The fourth-order valence-corrected chi connectivity index (χ4v) is 5.58. The first-order valence-electron chi connectivity index (χ1n) is 11.3. The highest BCUT2D eigenvalue weighted by Crippen LogP contribution is 2.31. The van der Waals surface area contributed by atoms with Crippen LogP contribution >= 0.6 is 0 Å². The first-order valence-corrected chi connectivity index (χ1v) is 12.7. The van der Waals surface area contributed by atoms with E-state index in [1.807, 2.05) is 20.8 Å². The van der Waals surface area contributed by atoms with Crippen LogP contribution in [0.15, 0.2) is 34.1 Å². The molecule has 1 aromatic carbocycles. The lowest BCUT2D eigenvalue weighted by molar-refractivity contribution is -0.156. The van der Waals surface area contributed by atoms with Gasteiger partial charge in [0.1, 0.15) is 4.90 Å². The maximum atomic E-state index is 13.5. The molecule has 0 spiro atoms. The number of carbonyl (C=O) groups is 3. The van der Waals surface area contributed by atoms with Gasteiger partial charge in [0.05, 0.1) is 28.5 Å². The number of amides is 2. The summed E-state index contributed by atoms with van der Waals surface area (Å²) >= 11 is 0. The molecule has 1 saturated heterocycles. The number of aromatic nitrogens is 2. The Kier molecular flexibility index (Phi) is 9.18. The third-order valence-corrected chi connectivity index (χ3v) is 7.29. The number of nitrogens with zero attached hydrogens (tertiary/aromatic N) is 3. The van der Waals surface area contributed by atoms with Crippen molar-refractivity contribution in [1.82, 2.24) is 9.78 Å².